The second kappa shape index (κ2) is 7.45. The topological polar surface area (TPSA) is 32.8 Å². The number of hydrogen-bond donors (Lipinski definition) is 0. The van der Waals surface area contributed by atoms with E-state index >= 15 is 0 Å². The van der Waals surface area contributed by atoms with Crippen molar-refractivity contribution in [2.45, 2.75) is 32.3 Å². The predicted octanol–water partition coefficient (Wildman–Crippen LogP) is 2.11. The number of ether oxygens (including phenoxy) is 1. The molecule has 1 aromatic rings. The number of morpholine rings is 1. The first-order chi connectivity index (χ1) is 11.1. The monoisotopic (exact) mass is 316 g/mol. The molecule has 1 heterocycles. The fourth-order valence-electron chi connectivity index (χ4n) is 3.22. The van der Waals surface area contributed by atoms with Crippen LogP contribution in [0.4, 0.5) is 0 Å². The van der Waals surface area contributed by atoms with Crippen molar-refractivity contribution in [2.75, 3.05) is 39.8 Å². The second-order valence-corrected chi connectivity index (χ2v) is 7.16. The Bertz CT molecular complexity index is 542. The van der Waals surface area contributed by atoms with E-state index in [1.54, 1.807) is 0 Å². The Morgan fingerprint density at radius 1 is 1.35 bits per heavy atom. The highest BCUT2D eigenvalue weighted by molar-refractivity contribution is 5.79. The van der Waals surface area contributed by atoms with Gasteiger partial charge in [0.05, 0.1) is 19.1 Å². The predicted molar refractivity (Wildman–Crippen MR) is 91.4 cm³/mol. The molecular weight excluding hydrogens is 288 g/mol. The zero-order valence-corrected chi connectivity index (χ0v) is 14.3. The van der Waals surface area contributed by atoms with E-state index in [9.17, 15) is 4.79 Å². The maximum Gasteiger partial charge on any atom is 0.227 e. The van der Waals surface area contributed by atoms with Crippen LogP contribution in [-0.2, 0) is 16.0 Å². The SMILES string of the molecule is Cc1cccc(CC(=O)N(CC2CC2)C[C@H]2CN(C)CCO2)c1. The van der Waals surface area contributed by atoms with Gasteiger partial charge in [0, 0.05) is 26.2 Å². The van der Waals surface area contributed by atoms with Crippen LogP contribution in [0.1, 0.15) is 24.0 Å². The molecule has 2 fully saturated rings. The first-order valence-corrected chi connectivity index (χ1v) is 8.73. The average Bonchev–Trinajstić information content (AvgIpc) is 3.31. The van der Waals surface area contributed by atoms with Gasteiger partial charge >= 0.3 is 0 Å². The third-order valence-electron chi connectivity index (χ3n) is 4.73. The van der Waals surface area contributed by atoms with E-state index < -0.39 is 0 Å². The van der Waals surface area contributed by atoms with Gasteiger partial charge in [-0.3, -0.25) is 4.79 Å². The van der Waals surface area contributed by atoms with Crippen molar-refractivity contribution in [1.82, 2.24) is 9.80 Å². The molecule has 0 bridgehead atoms. The van der Waals surface area contributed by atoms with Crippen LogP contribution in [0.15, 0.2) is 24.3 Å². The van der Waals surface area contributed by atoms with Crippen molar-refractivity contribution in [3.8, 4) is 0 Å². The Labute approximate surface area is 139 Å². The molecule has 1 aliphatic carbocycles. The first kappa shape index (κ1) is 16.5. The molecule has 4 nitrogen and oxygen atoms in total. The number of rotatable bonds is 6. The largest absolute Gasteiger partial charge is 0.374 e. The summed E-state index contributed by atoms with van der Waals surface area (Å²) in [6.07, 6.45) is 3.17. The quantitative estimate of drug-likeness (QED) is 0.806. The smallest absolute Gasteiger partial charge is 0.227 e. The summed E-state index contributed by atoms with van der Waals surface area (Å²) in [4.78, 5) is 17.1. The maximum absolute atomic E-state index is 12.8. The lowest BCUT2D eigenvalue weighted by Crippen LogP contribution is -2.48. The van der Waals surface area contributed by atoms with Crippen LogP contribution in [-0.4, -0.2) is 61.6 Å². The van der Waals surface area contributed by atoms with E-state index in [0.29, 0.717) is 12.3 Å². The fourth-order valence-corrected chi connectivity index (χ4v) is 3.22. The number of carbonyl (C=O) groups is 1. The normalized spacial score (nSPS) is 22.1. The third kappa shape index (κ3) is 5.05. The minimum Gasteiger partial charge on any atom is -0.374 e. The first-order valence-electron chi connectivity index (χ1n) is 8.73. The Morgan fingerprint density at radius 3 is 2.87 bits per heavy atom. The summed E-state index contributed by atoms with van der Waals surface area (Å²) in [5.41, 5.74) is 2.32. The molecule has 2 aliphatic rings. The number of amides is 1. The van der Waals surface area contributed by atoms with Crippen molar-refractivity contribution >= 4 is 5.91 Å². The number of likely N-dealkylation sites (N-methyl/N-ethyl adjacent to an activating group) is 1. The summed E-state index contributed by atoms with van der Waals surface area (Å²) in [5.74, 6) is 0.942. The van der Waals surface area contributed by atoms with Gasteiger partial charge in [-0.25, -0.2) is 0 Å². The minimum atomic E-state index is 0.147. The Kier molecular flexibility index (Phi) is 5.34. The zero-order chi connectivity index (χ0) is 16.2. The molecule has 3 rings (SSSR count). The van der Waals surface area contributed by atoms with Crippen molar-refractivity contribution in [2.24, 2.45) is 5.92 Å². The summed E-state index contributed by atoms with van der Waals surface area (Å²) >= 11 is 0. The summed E-state index contributed by atoms with van der Waals surface area (Å²) in [6, 6.07) is 8.26. The maximum atomic E-state index is 12.8. The van der Waals surface area contributed by atoms with Gasteiger partial charge in [0.2, 0.25) is 5.91 Å². The molecule has 0 spiro atoms. The molecule has 1 aliphatic heterocycles. The Balaban J connectivity index is 1.61. The fraction of sp³-hybridized carbons (Fsp3) is 0.632. The molecule has 4 heteroatoms. The van der Waals surface area contributed by atoms with Gasteiger partial charge in [-0.2, -0.15) is 0 Å². The summed E-state index contributed by atoms with van der Waals surface area (Å²) in [5, 5.41) is 0. The number of benzene rings is 1. The van der Waals surface area contributed by atoms with E-state index in [0.717, 1.165) is 38.3 Å². The summed E-state index contributed by atoms with van der Waals surface area (Å²) in [6.45, 7) is 6.36. The molecule has 1 saturated heterocycles. The van der Waals surface area contributed by atoms with E-state index in [2.05, 4.69) is 31.0 Å². The standard InChI is InChI=1S/C19H28N2O2/c1-15-4-3-5-17(10-15)11-19(22)21(12-16-6-7-16)14-18-13-20(2)8-9-23-18/h3-5,10,16,18H,6-9,11-14H2,1-2H3/t18-/m1/s1. The van der Waals surface area contributed by atoms with Crippen LogP contribution in [0.25, 0.3) is 0 Å². The third-order valence-corrected chi connectivity index (χ3v) is 4.73. The summed E-state index contributed by atoms with van der Waals surface area (Å²) in [7, 11) is 2.12. The average molecular weight is 316 g/mol. The van der Waals surface area contributed by atoms with Crippen LogP contribution < -0.4 is 0 Å². The van der Waals surface area contributed by atoms with Crippen LogP contribution in [0, 0.1) is 12.8 Å². The number of hydrogen-bond acceptors (Lipinski definition) is 3. The molecule has 126 valence electrons. The molecule has 0 unspecified atom stereocenters. The lowest BCUT2D eigenvalue weighted by molar-refractivity contribution is -0.134. The second-order valence-electron chi connectivity index (χ2n) is 7.16. The van der Waals surface area contributed by atoms with Gasteiger partial charge in [0.25, 0.3) is 0 Å². The van der Waals surface area contributed by atoms with Crippen LogP contribution in [0.2, 0.25) is 0 Å². The molecule has 23 heavy (non-hydrogen) atoms. The van der Waals surface area contributed by atoms with Crippen molar-refractivity contribution in [3.05, 3.63) is 35.4 Å². The number of carbonyl (C=O) groups excluding carboxylic acids is 1. The van der Waals surface area contributed by atoms with Crippen molar-refractivity contribution in [3.63, 3.8) is 0 Å². The molecule has 0 aromatic heterocycles. The van der Waals surface area contributed by atoms with Gasteiger partial charge in [-0.15, -0.1) is 0 Å². The van der Waals surface area contributed by atoms with Gasteiger partial charge in [0.15, 0.2) is 0 Å². The molecule has 1 saturated carbocycles. The lowest BCUT2D eigenvalue weighted by atomic mass is 10.1. The molecule has 0 N–H and O–H groups in total. The molecule has 1 amide bonds. The van der Waals surface area contributed by atoms with Crippen molar-refractivity contribution < 1.29 is 9.53 Å². The number of aryl methyl sites for hydroxylation is 1. The minimum absolute atomic E-state index is 0.147. The highest BCUT2D eigenvalue weighted by Gasteiger charge is 2.29. The van der Waals surface area contributed by atoms with Crippen LogP contribution in [0.5, 0.6) is 0 Å². The summed E-state index contributed by atoms with van der Waals surface area (Å²) < 4.78 is 5.86. The van der Waals surface area contributed by atoms with Gasteiger partial charge in [-0.1, -0.05) is 29.8 Å². The van der Waals surface area contributed by atoms with E-state index in [1.165, 1.54) is 18.4 Å². The van der Waals surface area contributed by atoms with Gasteiger partial charge in [-0.05, 0) is 38.3 Å². The van der Waals surface area contributed by atoms with Crippen molar-refractivity contribution in [1.29, 1.82) is 0 Å². The van der Waals surface area contributed by atoms with E-state index in [1.807, 2.05) is 17.0 Å². The zero-order valence-electron chi connectivity index (χ0n) is 14.3. The highest BCUT2D eigenvalue weighted by atomic mass is 16.5. The Morgan fingerprint density at radius 2 is 2.17 bits per heavy atom. The lowest BCUT2D eigenvalue weighted by Gasteiger charge is -2.34. The molecular formula is C19H28N2O2. The van der Waals surface area contributed by atoms with Crippen LogP contribution >= 0.6 is 0 Å². The molecule has 1 atom stereocenters. The van der Waals surface area contributed by atoms with Gasteiger partial charge < -0.3 is 14.5 Å². The Hall–Kier alpha value is -1.39. The highest BCUT2D eigenvalue weighted by Crippen LogP contribution is 2.30. The van der Waals surface area contributed by atoms with E-state index in [4.69, 9.17) is 4.74 Å². The van der Waals surface area contributed by atoms with Crippen LogP contribution in [0.3, 0.4) is 0 Å². The number of nitrogens with zero attached hydrogens (tertiary/aromatic N) is 2. The van der Waals surface area contributed by atoms with E-state index in [-0.39, 0.29) is 12.0 Å². The van der Waals surface area contributed by atoms with Gasteiger partial charge in [0.1, 0.15) is 0 Å². The molecule has 1 aromatic carbocycles. The molecule has 0 radical (unpaired) electrons.